The third-order valence-electron chi connectivity index (χ3n) is 2.60. The third kappa shape index (κ3) is 4.99. The number of hydrogen-bond acceptors (Lipinski definition) is 7. The number of imide groups is 1. The van der Waals surface area contributed by atoms with Crippen LogP contribution in [-0.4, -0.2) is 51.8 Å². The Balaban J connectivity index is 2.70. The summed E-state index contributed by atoms with van der Waals surface area (Å²) in [5, 5.41) is 12.1. The van der Waals surface area contributed by atoms with Gasteiger partial charge in [0.1, 0.15) is 5.60 Å². The highest BCUT2D eigenvalue weighted by Crippen LogP contribution is 2.14. The molecule has 1 aliphatic heterocycles. The maximum absolute atomic E-state index is 11.9. The highest BCUT2D eigenvalue weighted by Gasteiger charge is 2.37. The minimum Gasteiger partial charge on any atom is -0.444 e. The van der Waals surface area contributed by atoms with Crippen molar-refractivity contribution in [1.82, 2.24) is 10.4 Å². The van der Waals surface area contributed by atoms with Crippen molar-refractivity contribution in [1.29, 1.82) is 0 Å². The first-order valence-corrected chi connectivity index (χ1v) is 6.76. The van der Waals surface area contributed by atoms with Crippen molar-refractivity contribution < 1.29 is 33.9 Å². The fourth-order valence-electron chi connectivity index (χ4n) is 1.62. The van der Waals surface area contributed by atoms with Gasteiger partial charge in [0.15, 0.2) is 6.04 Å². The summed E-state index contributed by atoms with van der Waals surface area (Å²) >= 11 is 0. The van der Waals surface area contributed by atoms with Crippen LogP contribution >= 0.6 is 0 Å². The Kier molecular flexibility index (Phi) is 5.48. The molecule has 1 saturated heterocycles. The van der Waals surface area contributed by atoms with Crippen LogP contribution < -0.4 is 5.32 Å². The molecule has 2 unspecified atom stereocenters. The molecule has 0 bridgehead atoms. The summed E-state index contributed by atoms with van der Waals surface area (Å²) in [7, 11) is 0. The molecule has 1 rings (SSSR count). The first kappa shape index (κ1) is 17.9. The van der Waals surface area contributed by atoms with E-state index in [4.69, 9.17) is 4.74 Å². The Morgan fingerprint density at radius 2 is 1.73 bits per heavy atom. The zero-order valence-electron chi connectivity index (χ0n) is 12.9. The van der Waals surface area contributed by atoms with Gasteiger partial charge in [0.25, 0.3) is 11.8 Å². The van der Waals surface area contributed by atoms with E-state index in [2.05, 4.69) is 10.2 Å². The van der Waals surface area contributed by atoms with Gasteiger partial charge in [0.05, 0.1) is 6.10 Å². The Labute approximate surface area is 127 Å². The molecule has 1 fully saturated rings. The van der Waals surface area contributed by atoms with Gasteiger partial charge < -0.3 is 20.0 Å². The molecule has 0 radical (unpaired) electrons. The summed E-state index contributed by atoms with van der Waals surface area (Å²) in [4.78, 5) is 51.0. The van der Waals surface area contributed by atoms with Crippen LogP contribution in [0.5, 0.6) is 0 Å². The van der Waals surface area contributed by atoms with Crippen LogP contribution in [0, 0.1) is 0 Å². The molecule has 0 aromatic rings. The SMILES string of the molecule is CC(O)C(NC(=O)OC(C)(C)C)C(=O)ON1C(=O)CCC1=O. The molecule has 2 atom stereocenters. The van der Waals surface area contributed by atoms with Gasteiger partial charge in [-0.05, 0) is 27.7 Å². The van der Waals surface area contributed by atoms with Crippen LogP contribution in [0.25, 0.3) is 0 Å². The Morgan fingerprint density at radius 3 is 2.14 bits per heavy atom. The van der Waals surface area contributed by atoms with Crippen LogP contribution in [0.1, 0.15) is 40.5 Å². The minimum absolute atomic E-state index is 0.0506. The lowest BCUT2D eigenvalue weighted by Crippen LogP contribution is -2.51. The molecule has 124 valence electrons. The fourth-order valence-corrected chi connectivity index (χ4v) is 1.62. The first-order valence-electron chi connectivity index (χ1n) is 6.76. The fraction of sp³-hybridized carbons (Fsp3) is 0.692. The van der Waals surface area contributed by atoms with Crippen LogP contribution in [-0.2, 0) is 24.0 Å². The van der Waals surface area contributed by atoms with Crippen molar-refractivity contribution in [3.8, 4) is 0 Å². The van der Waals surface area contributed by atoms with Gasteiger partial charge in [-0.2, -0.15) is 0 Å². The lowest BCUT2D eigenvalue weighted by molar-refractivity contribution is -0.200. The lowest BCUT2D eigenvalue weighted by atomic mass is 10.2. The van der Waals surface area contributed by atoms with Crippen molar-refractivity contribution in [2.24, 2.45) is 0 Å². The number of hydroxylamine groups is 2. The molecule has 0 aliphatic carbocycles. The van der Waals surface area contributed by atoms with E-state index < -0.39 is 41.6 Å². The molecular weight excluding hydrogens is 296 g/mol. The van der Waals surface area contributed by atoms with E-state index in [0.29, 0.717) is 5.06 Å². The highest BCUT2D eigenvalue weighted by molar-refractivity contribution is 6.01. The average molecular weight is 316 g/mol. The number of amides is 3. The predicted molar refractivity (Wildman–Crippen MR) is 72.0 cm³/mol. The van der Waals surface area contributed by atoms with Gasteiger partial charge in [0.2, 0.25) is 0 Å². The van der Waals surface area contributed by atoms with E-state index in [1.807, 2.05) is 0 Å². The monoisotopic (exact) mass is 316 g/mol. The molecule has 3 amide bonds. The van der Waals surface area contributed by atoms with E-state index >= 15 is 0 Å². The van der Waals surface area contributed by atoms with Gasteiger partial charge in [-0.3, -0.25) is 9.59 Å². The normalized spacial score (nSPS) is 18.0. The summed E-state index contributed by atoms with van der Waals surface area (Å²) in [6.07, 6.45) is -2.35. The number of alkyl carbamates (subject to hydrolysis) is 1. The van der Waals surface area contributed by atoms with Gasteiger partial charge >= 0.3 is 12.1 Å². The molecule has 9 heteroatoms. The summed E-state index contributed by atoms with van der Waals surface area (Å²) in [6, 6.07) is -1.48. The molecule has 0 aromatic heterocycles. The van der Waals surface area contributed by atoms with Crippen LogP contribution in [0.4, 0.5) is 4.79 Å². The number of nitrogens with zero attached hydrogens (tertiary/aromatic N) is 1. The smallest absolute Gasteiger partial charge is 0.408 e. The van der Waals surface area contributed by atoms with E-state index in [1.165, 1.54) is 6.92 Å². The molecule has 22 heavy (non-hydrogen) atoms. The van der Waals surface area contributed by atoms with Gasteiger partial charge in [-0.1, -0.05) is 0 Å². The maximum Gasteiger partial charge on any atom is 0.408 e. The second kappa shape index (κ2) is 6.73. The highest BCUT2D eigenvalue weighted by atomic mass is 16.7. The van der Waals surface area contributed by atoms with Crippen LogP contribution in [0.3, 0.4) is 0 Å². The van der Waals surface area contributed by atoms with Crippen molar-refractivity contribution in [2.45, 2.75) is 58.3 Å². The van der Waals surface area contributed by atoms with Gasteiger partial charge in [-0.25, -0.2) is 9.59 Å². The van der Waals surface area contributed by atoms with E-state index in [9.17, 15) is 24.3 Å². The molecule has 1 heterocycles. The number of carbonyl (C=O) groups excluding carboxylic acids is 4. The number of carbonyl (C=O) groups is 4. The number of hydrogen-bond donors (Lipinski definition) is 2. The predicted octanol–water partition coefficient (Wildman–Crippen LogP) is -0.132. The molecule has 1 aliphatic rings. The second-order valence-corrected chi connectivity index (χ2v) is 5.86. The van der Waals surface area contributed by atoms with E-state index in [0.717, 1.165) is 0 Å². The number of rotatable bonds is 4. The number of aliphatic hydroxyl groups excluding tert-OH is 1. The summed E-state index contributed by atoms with van der Waals surface area (Å²) in [6.45, 7) is 6.13. The van der Waals surface area contributed by atoms with Crippen molar-refractivity contribution in [3.63, 3.8) is 0 Å². The standard InChI is InChI=1S/C13H20N2O7/c1-7(16)10(14-12(20)21-13(2,3)4)11(19)22-15-8(17)5-6-9(15)18/h7,10,16H,5-6H2,1-4H3,(H,14,20). The summed E-state index contributed by atoms with van der Waals surface area (Å²) in [5.41, 5.74) is -0.794. The Morgan fingerprint density at radius 1 is 1.23 bits per heavy atom. The Hall–Kier alpha value is -2.16. The van der Waals surface area contributed by atoms with E-state index in [1.54, 1.807) is 20.8 Å². The second-order valence-electron chi connectivity index (χ2n) is 5.86. The molecular formula is C13H20N2O7. The Bertz CT molecular complexity index is 465. The molecule has 0 spiro atoms. The number of nitrogens with one attached hydrogen (secondary N) is 1. The van der Waals surface area contributed by atoms with E-state index in [-0.39, 0.29) is 12.8 Å². The largest absolute Gasteiger partial charge is 0.444 e. The summed E-state index contributed by atoms with van der Waals surface area (Å²) < 4.78 is 4.96. The molecule has 0 aromatic carbocycles. The number of ether oxygens (including phenoxy) is 1. The van der Waals surface area contributed by atoms with Crippen molar-refractivity contribution in [2.75, 3.05) is 0 Å². The third-order valence-corrected chi connectivity index (χ3v) is 2.60. The zero-order chi connectivity index (χ0) is 17.1. The zero-order valence-corrected chi connectivity index (χ0v) is 12.9. The first-order chi connectivity index (χ1) is 10.0. The number of aliphatic hydroxyl groups is 1. The summed E-state index contributed by atoms with van der Waals surface area (Å²) in [5.74, 6) is -2.44. The minimum atomic E-state index is -1.48. The average Bonchev–Trinajstić information content (AvgIpc) is 2.65. The molecule has 0 saturated carbocycles. The van der Waals surface area contributed by atoms with Crippen molar-refractivity contribution >= 4 is 23.9 Å². The van der Waals surface area contributed by atoms with Crippen LogP contribution in [0.2, 0.25) is 0 Å². The molecule has 9 nitrogen and oxygen atoms in total. The molecule has 2 N–H and O–H groups in total. The van der Waals surface area contributed by atoms with Gasteiger partial charge in [-0.15, -0.1) is 5.06 Å². The maximum atomic E-state index is 11.9. The van der Waals surface area contributed by atoms with Gasteiger partial charge in [0, 0.05) is 12.8 Å². The topological polar surface area (TPSA) is 122 Å². The lowest BCUT2D eigenvalue weighted by Gasteiger charge is -2.24. The van der Waals surface area contributed by atoms with Crippen molar-refractivity contribution in [3.05, 3.63) is 0 Å². The van der Waals surface area contributed by atoms with Crippen LogP contribution in [0.15, 0.2) is 0 Å². The quantitative estimate of drug-likeness (QED) is 0.692.